The Morgan fingerprint density at radius 3 is 2.90 bits per heavy atom. The van der Waals surface area contributed by atoms with Crippen LogP contribution >= 0.6 is 0 Å². The second-order valence-corrected chi connectivity index (χ2v) is 5.23. The molecule has 1 aromatic carbocycles. The maximum atomic E-state index is 13.4. The normalized spacial score (nSPS) is 13.5. The molecule has 0 fully saturated rings. The molecule has 1 aliphatic heterocycles. The van der Waals surface area contributed by atoms with E-state index in [4.69, 9.17) is 0 Å². The van der Waals surface area contributed by atoms with Gasteiger partial charge in [-0.3, -0.25) is 0 Å². The monoisotopic (exact) mass is 286 g/mol. The highest BCUT2D eigenvalue weighted by molar-refractivity contribution is 5.67. The molecule has 0 radical (unpaired) electrons. The fraction of sp³-hybridized carbons (Fsp3) is 0.375. The van der Waals surface area contributed by atoms with Crippen molar-refractivity contribution in [1.29, 1.82) is 0 Å². The lowest BCUT2D eigenvalue weighted by Gasteiger charge is -2.17. The fourth-order valence-corrected chi connectivity index (χ4v) is 2.57. The minimum absolute atomic E-state index is 0.214. The lowest BCUT2D eigenvalue weighted by Crippen LogP contribution is -2.18. The summed E-state index contributed by atoms with van der Waals surface area (Å²) < 4.78 is 13.4. The molecule has 0 saturated carbocycles. The average Bonchev–Trinajstić information content (AvgIpc) is 2.91. The summed E-state index contributed by atoms with van der Waals surface area (Å²) in [6.07, 6.45) is 2.01. The summed E-state index contributed by atoms with van der Waals surface area (Å²) >= 11 is 0. The lowest BCUT2D eigenvalue weighted by atomic mass is 10.2. The molecule has 0 unspecified atom stereocenters. The van der Waals surface area contributed by atoms with Gasteiger partial charge in [-0.15, -0.1) is 5.10 Å². The summed E-state index contributed by atoms with van der Waals surface area (Å²) in [6.45, 7) is 4.65. The van der Waals surface area contributed by atoms with Gasteiger partial charge >= 0.3 is 0 Å². The van der Waals surface area contributed by atoms with Crippen LogP contribution in [0, 0.1) is 5.82 Å². The van der Waals surface area contributed by atoms with Gasteiger partial charge in [0.05, 0.1) is 5.69 Å². The second-order valence-electron chi connectivity index (χ2n) is 5.23. The summed E-state index contributed by atoms with van der Waals surface area (Å²) in [5.74, 6) is 0.563. The van der Waals surface area contributed by atoms with Gasteiger partial charge in [0.15, 0.2) is 5.82 Å². The smallest absolute Gasteiger partial charge is 0.155 e. The summed E-state index contributed by atoms with van der Waals surface area (Å²) in [6, 6.07) is 8.86. The van der Waals surface area contributed by atoms with Crippen LogP contribution in [0.25, 0.3) is 0 Å². The molecule has 4 nitrogen and oxygen atoms in total. The van der Waals surface area contributed by atoms with Gasteiger partial charge in [0.25, 0.3) is 0 Å². The summed E-state index contributed by atoms with van der Waals surface area (Å²) in [7, 11) is 0. The van der Waals surface area contributed by atoms with Crippen LogP contribution in [0.4, 0.5) is 15.9 Å². The van der Waals surface area contributed by atoms with E-state index >= 15 is 0 Å². The molecule has 0 aliphatic carbocycles. The summed E-state index contributed by atoms with van der Waals surface area (Å²) in [5, 5.41) is 11.8. The van der Waals surface area contributed by atoms with Crippen LogP contribution < -0.4 is 10.2 Å². The zero-order valence-electron chi connectivity index (χ0n) is 12.1. The Bertz CT molecular complexity index is 612. The van der Waals surface area contributed by atoms with Gasteiger partial charge in [-0.1, -0.05) is 13.0 Å². The Morgan fingerprint density at radius 2 is 2.14 bits per heavy atom. The van der Waals surface area contributed by atoms with Crippen LogP contribution in [0.15, 0.2) is 30.3 Å². The average molecular weight is 286 g/mol. The molecule has 3 rings (SSSR count). The Labute approximate surface area is 124 Å². The van der Waals surface area contributed by atoms with Crippen LogP contribution in [0.3, 0.4) is 0 Å². The highest BCUT2D eigenvalue weighted by Crippen LogP contribution is 2.33. The van der Waals surface area contributed by atoms with Crippen molar-refractivity contribution in [3.8, 4) is 0 Å². The lowest BCUT2D eigenvalue weighted by molar-refractivity contribution is 0.628. The minimum atomic E-state index is -0.214. The fourth-order valence-electron chi connectivity index (χ4n) is 2.57. The van der Waals surface area contributed by atoms with E-state index in [1.165, 1.54) is 6.07 Å². The van der Waals surface area contributed by atoms with E-state index in [-0.39, 0.29) is 5.82 Å². The van der Waals surface area contributed by atoms with E-state index in [0.29, 0.717) is 0 Å². The molecule has 110 valence electrons. The first-order valence-corrected chi connectivity index (χ1v) is 7.37. The standard InChI is InChI=1S/C16H19FN4/c1-2-8-18-11-14-5-6-16(20-19-14)21-9-7-12-3-4-13(17)10-15(12)21/h3-6,10,18H,2,7-9,11H2,1H3. The van der Waals surface area contributed by atoms with Crippen molar-refractivity contribution >= 4 is 11.5 Å². The molecule has 2 aromatic rings. The number of hydrogen-bond acceptors (Lipinski definition) is 4. The zero-order valence-corrected chi connectivity index (χ0v) is 12.1. The van der Waals surface area contributed by atoms with E-state index in [9.17, 15) is 4.39 Å². The van der Waals surface area contributed by atoms with Gasteiger partial charge in [-0.05, 0) is 49.2 Å². The quantitative estimate of drug-likeness (QED) is 0.858. The van der Waals surface area contributed by atoms with E-state index < -0.39 is 0 Å². The van der Waals surface area contributed by atoms with E-state index in [2.05, 4.69) is 22.4 Å². The number of rotatable bonds is 5. The van der Waals surface area contributed by atoms with Crippen LogP contribution in [0.5, 0.6) is 0 Å². The van der Waals surface area contributed by atoms with Gasteiger partial charge in [0, 0.05) is 18.8 Å². The number of aromatic nitrogens is 2. The Balaban J connectivity index is 1.75. The van der Waals surface area contributed by atoms with Gasteiger partial charge in [-0.2, -0.15) is 5.10 Å². The Morgan fingerprint density at radius 1 is 1.24 bits per heavy atom. The highest BCUT2D eigenvalue weighted by atomic mass is 19.1. The molecule has 1 aromatic heterocycles. The minimum Gasteiger partial charge on any atom is -0.324 e. The molecule has 2 heterocycles. The molecule has 1 N–H and O–H groups in total. The van der Waals surface area contributed by atoms with Crippen molar-refractivity contribution in [2.75, 3.05) is 18.0 Å². The van der Waals surface area contributed by atoms with E-state index in [1.54, 1.807) is 6.07 Å². The topological polar surface area (TPSA) is 41.0 Å². The molecular weight excluding hydrogens is 267 g/mol. The van der Waals surface area contributed by atoms with Gasteiger partial charge in [0.2, 0.25) is 0 Å². The number of benzene rings is 1. The first kappa shape index (κ1) is 13.9. The molecule has 0 bridgehead atoms. The summed E-state index contributed by atoms with van der Waals surface area (Å²) in [4.78, 5) is 2.02. The predicted molar refractivity (Wildman–Crippen MR) is 81.1 cm³/mol. The predicted octanol–water partition coefficient (Wildman–Crippen LogP) is 2.81. The van der Waals surface area contributed by atoms with Crippen molar-refractivity contribution in [3.63, 3.8) is 0 Å². The highest BCUT2D eigenvalue weighted by Gasteiger charge is 2.22. The second kappa shape index (κ2) is 6.18. The molecule has 21 heavy (non-hydrogen) atoms. The van der Waals surface area contributed by atoms with Crippen LogP contribution in [0.2, 0.25) is 0 Å². The summed E-state index contributed by atoms with van der Waals surface area (Å²) in [5.41, 5.74) is 2.99. The van der Waals surface area contributed by atoms with E-state index in [1.807, 2.05) is 23.1 Å². The zero-order chi connectivity index (χ0) is 14.7. The van der Waals surface area contributed by atoms with Crippen LogP contribution in [-0.2, 0) is 13.0 Å². The molecule has 0 spiro atoms. The van der Waals surface area contributed by atoms with Crippen molar-refractivity contribution in [1.82, 2.24) is 15.5 Å². The third-order valence-corrected chi connectivity index (χ3v) is 3.66. The molecular formula is C16H19FN4. The van der Waals surface area contributed by atoms with Crippen molar-refractivity contribution in [2.24, 2.45) is 0 Å². The van der Waals surface area contributed by atoms with Gasteiger partial charge < -0.3 is 10.2 Å². The van der Waals surface area contributed by atoms with Gasteiger partial charge in [-0.25, -0.2) is 4.39 Å². The molecule has 5 heteroatoms. The van der Waals surface area contributed by atoms with Crippen molar-refractivity contribution in [3.05, 3.63) is 47.4 Å². The maximum absolute atomic E-state index is 13.4. The Kier molecular flexibility index (Phi) is 4.10. The number of anilines is 2. The first-order valence-electron chi connectivity index (χ1n) is 7.37. The third-order valence-electron chi connectivity index (χ3n) is 3.66. The molecule has 0 saturated heterocycles. The van der Waals surface area contributed by atoms with Crippen molar-refractivity contribution < 1.29 is 4.39 Å². The van der Waals surface area contributed by atoms with E-state index in [0.717, 1.165) is 55.2 Å². The number of hydrogen-bond donors (Lipinski definition) is 1. The number of halogens is 1. The molecule has 0 atom stereocenters. The number of nitrogens with zero attached hydrogens (tertiary/aromatic N) is 3. The largest absolute Gasteiger partial charge is 0.324 e. The molecule has 0 amide bonds. The SMILES string of the molecule is CCCNCc1ccc(N2CCc3ccc(F)cc32)nn1. The first-order chi connectivity index (χ1) is 10.3. The van der Waals surface area contributed by atoms with Crippen molar-refractivity contribution in [2.45, 2.75) is 26.3 Å². The van der Waals surface area contributed by atoms with Gasteiger partial charge in [0.1, 0.15) is 5.82 Å². The third kappa shape index (κ3) is 3.03. The Hall–Kier alpha value is -2.01. The van der Waals surface area contributed by atoms with Crippen LogP contribution in [-0.4, -0.2) is 23.3 Å². The van der Waals surface area contributed by atoms with Crippen LogP contribution in [0.1, 0.15) is 24.6 Å². The maximum Gasteiger partial charge on any atom is 0.155 e. The molecule has 1 aliphatic rings. The number of nitrogens with one attached hydrogen (secondary N) is 1. The number of fused-ring (bicyclic) bond motifs is 1.